The van der Waals surface area contributed by atoms with E-state index in [9.17, 15) is 0 Å². The molecule has 1 rings (SSSR count). The molecule has 0 aliphatic heterocycles. The minimum atomic E-state index is 0.695. The first-order valence-corrected chi connectivity index (χ1v) is 7.16. The van der Waals surface area contributed by atoms with E-state index in [0.29, 0.717) is 6.54 Å². The molecule has 0 atom stereocenters. The predicted molar refractivity (Wildman–Crippen MR) is 83.1 cm³/mol. The van der Waals surface area contributed by atoms with Gasteiger partial charge in [-0.05, 0) is 39.7 Å². The van der Waals surface area contributed by atoms with Crippen LogP contribution in [0.25, 0.3) is 0 Å². The lowest BCUT2D eigenvalue weighted by atomic mass is 10.3. The number of aromatic nitrogens is 1. The molecule has 0 amide bonds. The minimum Gasteiger partial charge on any atom is -0.355 e. The number of pyridine rings is 1. The van der Waals surface area contributed by atoms with E-state index in [2.05, 4.69) is 41.1 Å². The molecule has 1 heterocycles. The van der Waals surface area contributed by atoms with Gasteiger partial charge in [0.1, 0.15) is 5.82 Å². The third-order valence-electron chi connectivity index (χ3n) is 2.88. The van der Waals surface area contributed by atoms with Crippen molar-refractivity contribution in [3.8, 4) is 0 Å². The van der Waals surface area contributed by atoms with E-state index in [-0.39, 0.29) is 0 Å². The molecule has 5 heteroatoms. The molecule has 0 radical (unpaired) electrons. The van der Waals surface area contributed by atoms with Crippen molar-refractivity contribution in [2.24, 2.45) is 0 Å². The van der Waals surface area contributed by atoms with Crippen molar-refractivity contribution in [2.75, 3.05) is 45.7 Å². The summed E-state index contributed by atoms with van der Waals surface area (Å²) in [5, 5.41) is 3.82. The van der Waals surface area contributed by atoms with Crippen molar-refractivity contribution in [3.63, 3.8) is 0 Å². The molecule has 1 N–H and O–H groups in total. The van der Waals surface area contributed by atoms with Crippen LogP contribution in [-0.4, -0.2) is 50.7 Å². The summed E-state index contributed by atoms with van der Waals surface area (Å²) in [5.74, 6) is 1.01. The number of nitrogens with one attached hydrogen (secondary N) is 1. The Bertz CT molecular complexity index is 382. The lowest BCUT2D eigenvalue weighted by molar-refractivity contribution is 0.412. The second-order valence-electron chi connectivity index (χ2n) is 4.92. The smallest absolute Gasteiger partial charge is 0.129 e. The molecule has 0 aliphatic carbocycles. The fraction of sp³-hybridized carbons (Fsp3) is 0.643. The Morgan fingerprint density at radius 2 is 1.95 bits per heavy atom. The maximum atomic E-state index is 6.16. The topological polar surface area (TPSA) is 31.4 Å². The number of anilines is 1. The number of likely N-dealkylation sites (N-methyl/N-ethyl adjacent to an activating group) is 1. The molecule has 0 saturated carbocycles. The molecular formula is C14H25ClN4. The maximum Gasteiger partial charge on any atom is 0.129 e. The van der Waals surface area contributed by atoms with Crippen molar-refractivity contribution in [2.45, 2.75) is 19.9 Å². The average molecular weight is 285 g/mol. The molecule has 0 fully saturated rings. The van der Waals surface area contributed by atoms with Crippen LogP contribution >= 0.6 is 11.6 Å². The van der Waals surface area contributed by atoms with Gasteiger partial charge < -0.3 is 15.1 Å². The van der Waals surface area contributed by atoms with E-state index in [1.165, 1.54) is 0 Å². The molecule has 0 aliphatic rings. The standard InChI is InChI=1S/C14H25ClN4/c1-5-8-19(10-9-18(3)4)14-7-6-12(15)13(17-14)11-16-2/h6-7,16H,5,8-11H2,1-4H3. The number of nitrogens with zero attached hydrogens (tertiary/aromatic N) is 3. The van der Waals surface area contributed by atoms with Crippen molar-refractivity contribution >= 4 is 17.4 Å². The van der Waals surface area contributed by atoms with Gasteiger partial charge in [-0.15, -0.1) is 0 Å². The fourth-order valence-electron chi connectivity index (χ4n) is 1.87. The number of rotatable bonds is 8. The van der Waals surface area contributed by atoms with E-state index in [4.69, 9.17) is 11.6 Å². The van der Waals surface area contributed by atoms with Gasteiger partial charge in [0.05, 0.1) is 10.7 Å². The highest BCUT2D eigenvalue weighted by Gasteiger charge is 2.10. The van der Waals surface area contributed by atoms with Gasteiger partial charge in [-0.25, -0.2) is 4.98 Å². The summed E-state index contributed by atoms with van der Waals surface area (Å²) < 4.78 is 0. The normalized spacial score (nSPS) is 11.1. The largest absolute Gasteiger partial charge is 0.355 e. The van der Waals surface area contributed by atoms with Gasteiger partial charge in [0.15, 0.2) is 0 Å². The summed E-state index contributed by atoms with van der Waals surface area (Å²) >= 11 is 6.16. The monoisotopic (exact) mass is 284 g/mol. The van der Waals surface area contributed by atoms with Crippen LogP contribution in [0.1, 0.15) is 19.0 Å². The molecule has 19 heavy (non-hydrogen) atoms. The van der Waals surface area contributed by atoms with Gasteiger partial charge in [-0.2, -0.15) is 0 Å². The predicted octanol–water partition coefficient (Wildman–Crippen LogP) is 2.23. The van der Waals surface area contributed by atoms with E-state index in [1.807, 2.05) is 19.2 Å². The zero-order valence-corrected chi connectivity index (χ0v) is 13.2. The van der Waals surface area contributed by atoms with Crippen LogP contribution in [0.2, 0.25) is 5.02 Å². The van der Waals surface area contributed by atoms with E-state index < -0.39 is 0 Å². The molecule has 0 aromatic carbocycles. The van der Waals surface area contributed by atoms with E-state index in [1.54, 1.807) is 0 Å². The molecule has 4 nitrogen and oxygen atoms in total. The molecule has 108 valence electrons. The number of hydrogen-bond donors (Lipinski definition) is 1. The van der Waals surface area contributed by atoms with Gasteiger partial charge in [0.25, 0.3) is 0 Å². The first kappa shape index (κ1) is 16.2. The van der Waals surface area contributed by atoms with Crippen molar-refractivity contribution in [3.05, 3.63) is 22.8 Å². The Balaban J connectivity index is 2.85. The van der Waals surface area contributed by atoms with E-state index >= 15 is 0 Å². The molecular weight excluding hydrogens is 260 g/mol. The van der Waals surface area contributed by atoms with Crippen molar-refractivity contribution < 1.29 is 0 Å². The summed E-state index contributed by atoms with van der Waals surface area (Å²) in [5.41, 5.74) is 0.910. The Morgan fingerprint density at radius 1 is 1.21 bits per heavy atom. The summed E-state index contributed by atoms with van der Waals surface area (Å²) in [6, 6.07) is 3.95. The van der Waals surface area contributed by atoms with Crippen LogP contribution in [-0.2, 0) is 6.54 Å². The highest BCUT2D eigenvalue weighted by molar-refractivity contribution is 6.31. The van der Waals surface area contributed by atoms with Crippen LogP contribution < -0.4 is 10.2 Å². The molecule has 0 saturated heterocycles. The Labute approximate surface area is 121 Å². The van der Waals surface area contributed by atoms with Crippen LogP contribution in [0, 0.1) is 0 Å². The molecule has 0 spiro atoms. The maximum absolute atomic E-state index is 6.16. The SMILES string of the molecule is CCCN(CCN(C)C)c1ccc(Cl)c(CNC)n1. The molecule has 1 aromatic rings. The van der Waals surface area contributed by atoms with E-state index in [0.717, 1.165) is 42.6 Å². The zero-order valence-electron chi connectivity index (χ0n) is 12.4. The molecule has 1 aromatic heterocycles. The van der Waals surface area contributed by atoms with Crippen molar-refractivity contribution in [1.82, 2.24) is 15.2 Å². The number of hydrogen-bond acceptors (Lipinski definition) is 4. The van der Waals surface area contributed by atoms with Gasteiger partial charge in [0.2, 0.25) is 0 Å². The van der Waals surface area contributed by atoms with Gasteiger partial charge in [-0.1, -0.05) is 18.5 Å². The third-order valence-corrected chi connectivity index (χ3v) is 3.23. The lowest BCUT2D eigenvalue weighted by Crippen LogP contribution is -2.33. The van der Waals surface area contributed by atoms with Crippen LogP contribution in [0.15, 0.2) is 12.1 Å². The molecule has 0 bridgehead atoms. The minimum absolute atomic E-state index is 0.695. The summed E-state index contributed by atoms with van der Waals surface area (Å²) in [4.78, 5) is 9.17. The summed E-state index contributed by atoms with van der Waals surface area (Å²) in [6.45, 7) is 5.90. The van der Waals surface area contributed by atoms with Crippen molar-refractivity contribution in [1.29, 1.82) is 0 Å². The second kappa shape index (κ2) is 8.35. The summed E-state index contributed by atoms with van der Waals surface area (Å²) in [7, 11) is 6.08. The third kappa shape index (κ3) is 5.35. The van der Waals surface area contributed by atoms with Gasteiger partial charge >= 0.3 is 0 Å². The molecule has 0 unspecified atom stereocenters. The Morgan fingerprint density at radius 3 is 2.53 bits per heavy atom. The number of halogens is 1. The van der Waals surface area contributed by atoms with Crippen LogP contribution in [0.5, 0.6) is 0 Å². The zero-order chi connectivity index (χ0) is 14.3. The average Bonchev–Trinajstić information content (AvgIpc) is 2.37. The lowest BCUT2D eigenvalue weighted by Gasteiger charge is -2.25. The second-order valence-corrected chi connectivity index (χ2v) is 5.33. The Hall–Kier alpha value is -0.840. The fourth-order valence-corrected chi connectivity index (χ4v) is 2.04. The summed E-state index contributed by atoms with van der Waals surface area (Å²) in [6.07, 6.45) is 1.11. The first-order valence-electron chi connectivity index (χ1n) is 6.78. The highest BCUT2D eigenvalue weighted by Crippen LogP contribution is 2.19. The van der Waals surface area contributed by atoms with Crippen LogP contribution in [0.4, 0.5) is 5.82 Å². The van der Waals surface area contributed by atoms with Gasteiger partial charge in [-0.3, -0.25) is 0 Å². The van der Waals surface area contributed by atoms with Gasteiger partial charge in [0, 0.05) is 26.2 Å². The Kier molecular flexibility index (Phi) is 7.13. The van der Waals surface area contributed by atoms with Crippen LogP contribution in [0.3, 0.4) is 0 Å². The first-order chi connectivity index (χ1) is 9.08. The highest BCUT2D eigenvalue weighted by atomic mass is 35.5. The quantitative estimate of drug-likeness (QED) is 0.793.